The van der Waals surface area contributed by atoms with Crippen molar-refractivity contribution in [3.63, 3.8) is 0 Å². The monoisotopic (exact) mass is 496 g/mol. The van der Waals surface area contributed by atoms with Crippen LogP contribution in [-0.4, -0.2) is 40.5 Å². The van der Waals surface area contributed by atoms with Gasteiger partial charge in [0.2, 0.25) is 6.54 Å². The summed E-state index contributed by atoms with van der Waals surface area (Å²) in [6.45, 7) is 1.41. The predicted molar refractivity (Wildman–Crippen MR) is 114 cm³/mol. The van der Waals surface area contributed by atoms with Gasteiger partial charge in [-0.25, -0.2) is 4.39 Å². The third-order valence-corrected chi connectivity index (χ3v) is 6.14. The Balaban J connectivity index is 2.04. The fourth-order valence-electron chi connectivity index (χ4n) is 2.89. The van der Waals surface area contributed by atoms with Crippen molar-refractivity contribution >= 4 is 27.7 Å². The molecule has 3 aromatic rings. The predicted octanol–water partition coefficient (Wildman–Crippen LogP) is 4.60. The van der Waals surface area contributed by atoms with E-state index in [1.54, 1.807) is 35.8 Å². The lowest BCUT2D eigenvalue weighted by molar-refractivity contribution is -0.479. The van der Waals surface area contributed by atoms with Crippen LogP contribution in [0.25, 0.3) is 5.69 Å². The Labute approximate surface area is 184 Å². The van der Waals surface area contributed by atoms with Gasteiger partial charge in [-0.2, -0.15) is 0 Å². The molecular formula is C19H18BrFN4O4S. The van der Waals surface area contributed by atoms with E-state index < -0.39 is 5.25 Å². The standard InChI is InChI=1S/C19H18BrFN4O4S/c1-11-22-23-19(25(11)13-6-4-12(21)5-7-13)30-18(10-24(26)27)14-8-16(28-2)17(29-3)9-15(14)20/h4-9,18H,10H2,1-3H3/t18-/m0/s1. The van der Waals surface area contributed by atoms with Crippen LogP contribution in [0.1, 0.15) is 16.6 Å². The summed E-state index contributed by atoms with van der Waals surface area (Å²) in [4.78, 5) is 11.0. The minimum Gasteiger partial charge on any atom is -0.493 e. The van der Waals surface area contributed by atoms with E-state index in [1.165, 1.54) is 38.1 Å². The van der Waals surface area contributed by atoms with E-state index in [0.29, 0.717) is 38.2 Å². The third-order valence-electron chi connectivity index (χ3n) is 4.29. The molecule has 1 heterocycles. The number of ether oxygens (including phenoxy) is 2. The summed E-state index contributed by atoms with van der Waals surface area (Å²) in [5.41, 5.74) is 1.31. The molecule has 30 heavy (non-hydrogen) atoms. The van der Waals surface area contributed by atoms with Crippen molar-refractivity contribution in [3.05, 3.63) is 68.2 Å². The third kappa shape index (κ3) is 4.73. The van der Waals surface area contributed by atoms with Gasteiger partial charge >= 0.3 is 0 Å². The molecule has 1 aromatic heterocycles. The summed E-state index contributed by atoms with van der Waals surface area (Å²) < 4.78 is 26.3. The maximum Gasteiger partial charge on any atom is 0.220 e. The van der Waals surface area contributed by atoms with Gasteiger partial charge in [0.25, 0.3) is 0 Å². The molecule has 2 aromatic carbocycles. The van der Waals surface area contributed by atoms with Crippen molar-refractivity contribution in [1.29, 1.82) is 0 Å². The number of hydrogen-bond donors (Lipinski definition) is 0. The quantitative estimate of drug-likeness (QED) is 0.255. The molecule has 0 unspecified atom stereocenters. The van der Waals surface area contributed by atoms with Crippen LogP contribution in [0.4, 0.5) is 4.39 Å². The minimum absolute atomic E-state index is 0.353. The smallest absolute Gasteiger partial charge is 0.220 e. The molecular weight excluding hydrogens is 479 g/mol. The van der Waals surface area contributed by atoms with Crippen LogP contribution >= 0.6 is 27.7 Å². The van der Waals surface area contributed by atoms with E-state index in [2.05, 4.69) is 26.1 Å². The Morgan fingerprint density at radius 3 is 2.43 bits per heavy atom. The van der Waals surface area contributed by atoms with Gasteiger partial charge in [-0.1, -0.05) is 27.7 Å². The van der Waals surface area contributed by atoms with Crippen molar-refractivity contribution < 1.29 is 18.8 Å². The normalized spacial score (nSPS) is 11.9. The van der Waals surface area contributed by atoms with Gasteiger partial charge in [-0.05, 0) is 48.9 Å². The number of thioether (sulfide) groups is 1. The lowest BCUT2D eigenvalue weighted by atomic mass is 10.1. The van der Waals surface area contributed by atoms with E-state index in [-0.39, 0.29) is 17.3 Å². The van der Waals surface area contributed by atoms with E-state index in [9.17, 15) is 14.5 Å². The Hall–Kier alpha value is -2.66. The second-order valence-corrected chi connectivity index (χ2v) is 8.22. The fraction of sp³-hybridized carbons (Fsp3) is 0.263. The highest BCUT2D eigenvalue weighted by molar-refractivity contribution is 9.10. The molecule has 0 aliphatic heterocycles. The summed E-state index contributed by atoms with van der Waals surface area (Å²) in [5.74, 6) is 1.18. The lowest BCUT2D eigenvalue weighted by Crippen LogP contribution is -2.12. The van der Waals surface area contributed by atoms with Crippen LogP contribution in [0.5, 0.6) is 11.5 Å². The molecule has 0 aliphatic carbocycles. The molecule has 8 nitrogen and oxygen atoms in total. The van der Waals surface area contributed by atoms with Crippen LogP contribution in [0.15, 0.2) is 46.0 Å². The lowest BCUT2D eigenvalue weighted by Gasteiger charge is -2.18. The average molecular weight is 497 g/mol. The molecule has 0 bridgehead atoms. The highest BCUT2D eigenvalue weighted by Gasteiger charge is 2.27. The van der Waals surface area contributed by atoms with Crippen molar-refractivity contribution in [2.75, 3.05) is 20.8 Å². The van der Waals surface area contributed by atoms with Gasteiger partial charge in [-0.3, -0.25) is 14.7 Å². The van der Waals surface area contributed by atoms with Gasteiger partial charge in [-0.15, -0.1) is 10.2 Å². The van der Waals surface area contributed by atoms with E-state index >= 15 is 0 Å². The zero-order valence-corrected chi connectivity index (χ0v) is 18.7. The summed E-state index contributed by atoms with van der Waals surface area (Å²) in [7, 11) is 3.01. The molecule has 0 fully saturated rings. The van der Waals surface area contributed by atoms with Gasteiger partial charge in [0.1, 0.15) is 16.9 Å². The van der Waals surface area contributed by atoms with E-state index in [0.717, 1.165) is 0 Å². The number of rotatable bonds is 8. The Kier molecular flexibility index (Phi) is 6.93. The fourth-order valence-corrected chi connectivity index (χ4v) is 4.84. The Morgan fingerprint density at radius 1 is 1.20 bits per heavy atom. The van der Waals surface area contributed by atoms with Crippen LogP contribution in [0.3, 0.4) is 0 Å². The molecule has 0 saturated heterocycles. The van der Waals surface area contributed by atoms with Crippen LogP contribution in [0.2, 0.25) is 0 Å². The SMILES string of the molecule is COc1cc(Br)c([C@H](C[N+](=O)[O-])Sc2nnc(C)n2-c2ccc(F)cc2)cc1OC. The van der Waals surface area contributed by atoms with Crippen molar-refractivity contribution in [2.45, 2.75) is 17.3 Å². The van der Waals surface area contributed by atoms with E-state index in [4.69, 9.17) is 9.47 Å². The number of aryl methyl sites for hydroxylation is 1. The van der Waals surface area contributed by atoms with Crippen LogP contribution < -0.4 is 9.47 Å². The largest absolute Gasteiger partial charge is 0.493 e. The first-order valence-corrected chi connectivity index (χ1v) is 10.4. The van der Waals surface area contributed by atoms with E-state index in [1.807, 2.05) is 0 Å². The van der Waals surface area contributed by atoms with Crippen LogP contribution in [0, 0.1) is 22.9 Å². The Morgan fingerprint density at radius 2 is 1.83 bits per heavy atom. The summed E-state index contributed by atoms with van der Waals surface area (Å²) in [6, 6.07) is 9.29. The first-order chi connectivity index (χ1) is 14.3. The van der Waals surface area contributed by atoms with Gasteiger partial charge in [0, 0.05) is 15.1 Å². The first kappa shape index (κ1) is 22.0. The zero-order chi connectivity index (χ0) is 21.8. The molecule has 11 heteroatoms. The Bertz CT molecular complexity index is 1060. The van der Waals surface area contributed by atoms with Gasteiger partial charge < -0.3 is 9.47 Å². The molecule has 0 N–H and O–H groups in total. The average Bonchev–Trinajstić information content (AvgIpc) is 3.07. The molecule has 0 radical (unpaired) electrons. The first-order valence-electron chi connectivity index (χ1n) is 8.71. The number of hydrogen-bond acceptors (Lipinski definition) is 7. The number of halogens is 2. The summed E-state index contributed by atoms with van der Waals surface area (Å²) >= 11 is 4.67. The van der Waals surface area contributed by atoms with Crippen molar-refractivity contribution in [1.82, 2.24) is 14.8 Å². The molecule has 0 aliphatic rings. The molecule has 158 valence electrons. The number of aromatic nitrogens is 3. The molecule has 1 atom stereocenters. The zero-order valence-electron chi connectivity index (χ0n) is 16.3. The number of nitrogens with zero attached hydrogens (tertiary/aromatic N) is 4. The molecule has 3 rings (SSSR count). The maximum absolute atomic E-state index is 13.3. The second-order valence-electron chi connectivity index (χ2n) is 6.19. The number of methoxy groups -OCH3 is 2. The molecule has 0 amide bonds. The van der Waals surface area contributed by atoms with Crippen molar-refractivity contribution in [3.8, 4) is 17.2 Å². The van der Waals surface area contributed by atoms with Gasteiger partial charge in [0.15, 0.2) is 16.7 Å². The summed E-state index contributed by atoms with van der Waals surface area (Å²) in [6.07, 6.45) is 0. The maximum atomic E-state index is 13.3. The molecule has 0 spiro atoms. The van der Waals surface area contributed by atoms with Crippen molar-refractivity contribution in [2.24, 2.45) is 0 Å². The molecule has 0 saturated carbocycles. The highest BCUT2D eigenvalue weighted by Crippen LogP contribution is 2.43. The highest BCUT2D eigenvalue weighted by atomic mass is 79.9. The number of benzene rings is 2. The minimum atomic E-state index is -0.600. The van der Waals surface area contributed by atoms with Crippen LogP contribution in [-0.2, 0) is 0 Å². The second kappa shape index (κ2) is 9.43. The number of nitro groups is 1. The topological polar surface area (TPSA) is 92.3 Å². The summed E-state index contributed by atoms with van der Waals surface area (Å²) in [5, 5.41) is 19.5. The van der Waals surface area contributed by atoms with Gasteiger partial charge in [0.05, 0.1) is 14.2 Å².